The number of benzene rings is 1. The van der Waals surface area contributed by atoms with Gasteiger partial charge in [0.05, 0.1) is 11.0 Å². The second-order valence-corrected chi connectivity index (χ2v) is 5.40. The Labute approximate surface area is 132 Å². The van der Waals surface area contributed by atoms with Crippen molar-refractivity contribution in [3.05, 3.63) is 33.1 Å². The molecule has 1 aromatic carbocycles. The van der Waals surface area contributed by atoms with E-state index >= 15 is 0 Å². The molecule has 0 aromatic heterocycles. The summed E-state index contributed by atoms with van der Waals surface area (Å²) >= 11 is 5.75. The van der Waals surface area contributed by atoms with Crippen LogP contribution in [0.1, 0.15) is 26.2 Å². The van der Waals surface area contributed by atoms with Crippen LogP contribution in [0, 0.1) is 15.9 Å². The molecular weight excluding hydrogens is 317 g/mol. The van der Waals surface area contributed by atoms with Gasteiger partial charge in [0.1, 0.15) is 17.4 Å². The van der Waals surface area contributed by atoms with E-state index in [1.165, 1.54) is 0 Å². The molecule has 1 aliphatic heterocycles. The van der Waals surface area contributed by atoms with Crippen LogP contribution in [0.4, 0.5) is 10.1 Å². The summed E-state index contributed by atoms with van der Waals surface area (Å²) in [7, 11) is 0. The topological polar surface area (TPSA) is 70.8 Å². The molecule has 0 radical (unpaired) electrons. The summed E-state index contributed by atoms with van der Waals surface area (Å²) in [5, 5.41) is 10.5. The van der Waals surface area contributed by atoms with E-state index in [4.69, 9.17) is 25.8 Å². The number of nitro benzene ring substituents is 1. The van der Waals surface area contributed by atoms with Crippen LogP contribution in [0.15, 0.2) is 12.1 Å². The Hall–Kier alpha value is -1.44. The number of nitrogens with zero attached hydrogens (tertiary/aromatic N) is 1. The summed E-state index contributed by atoms with van der Waals surface area (Å²) < 4.78 is 29.8. The summed E-state index contributed by atoms with van der Waals surface area (Å²) in [4.78, 5) is 10.3. The van der Waals surface area contributed by atoms with Gasteiger partial charge in [0.2, 0.25) is 5.75 Å². The molecule has 0 amide bonds. The molecule has 8 heteroatoms. The largest absolute Gasteiger partial charge is 0.483 e. The second kappa shape index (κ2) is 7.71. The fraction of sp³-hybridized carbons (Fsp3) is 0.571. The smallest absolute Gasteiger partial charge is 0.312 e. The highest BCUT2D eigenvalue weighted by Crippen LogP contribution is 2.36. The molecule has 0 aliphatic carbocycles. The Kier molecular flexibility index (Phi) is 5.93. The third-order valence-electron chi connectivity index (χ3n) is 3.21. The molecule has 0 saturated carbocycles. The van der Waals surface area contributed by atoms with Crippen LogP contribution in [-0.4, -0.2) is 30.5 Å². The van der Waals surface area contributed by atoms with Crippen LogP contribution in [0.2, 0.25) is 5.02 Å². The third-order valence-corrected chi connectivity index (χ3v) is 3.56. The Balaban J connectivity index is 1.98. The molecule has 1 saturated heterocycles. The van der Waals surface area contributed by atoms with Crippen molar-refractivity contribution in [1.82, 2.24) is 0 Å². The summed E-state index contributed by atoms with van der Waals surface area (Å²) in [6, 6.07) is 1.95. The highest BCUT2D eigenvalue weighted by molar-refractivity contribution is 6.32. The molecule has 2 rings (SSSR count). The van der Waals surface area contributed by atoms with Crippen LogP contribution in [0.5, 0.6) is 5.75 Å². The van der Waals surface area contributed by atoms with E-state index in [-0.39, 0.29) is 30.4 Å². The molecular formula is C14H17ClFNO5. The van der Waals surface area contributed by atoms with Crippen LogP contribution in [0.3, 0.4) is 0 Å². The van der Waals surface area contributed by atoms with Crippen LogP contribution < -0.4 is 4.74 Å². The molecule has 6 nitrogen and oxygen atoms in total. The minimum Gasteiger partial charge on any atom is -0.483 e. The van der Waals surface area contributed by atoms with Crippen LogP contribution >= 0.6 is 11.6 Å². The highest BCUT2D eigenvalue weighted by Gasteiger charge is 2.23. The Morgan fingerprint density at radius 2 is 2.32 bits per heavy atom. The lowest BCUT2D eigenvalue weighted by atomic mass is 10.2. The zero-order valence-electron chi connectivity index (χ0n) is 12.1. The molecule has 0 bridgehead atoms. The van der Waals surface area contributed by atoms with Gasteiger partial charge in [-0.15, -0.1) is 0 Å². The predicted octanol–water partition coefficient (Wildman–Crippen LogP) is 3.70. The Morgan fingerprint density at radius 3 is 2.95 bits per heavy atom. The monoisotopic (exact) mass is 333 g/mol. The highest BCUT2D eigenvalue weighted by atomic mass is 35.5. The molecule has 0 N–H and O–H groups in total. The van der Waals surface area contributed by atoms with Crippen molar-refractivity contribution in [2.24, 2.45) is 0 Å². The van der Waals surface area contributed by atoms with E-state index < -0.39 is 15.8 Å². The van der Waals surface area contributed by atoms with Gasteiger partial charge >= 0.3 is 5.69 Å². The molecule has 22 heavy (non-hydrogen) atoms. The van der Waals surface area contributed by atoms with Crippen molar-refractivity contribution in [3.8, 4) is 5.75 Å². The molecule has 122 valence electrons. The van der Waals surface area contributed by atoms with E-state index in [9.17, 15) is 14.5 Å². The minimum atomic E-state index is -0.772. The standard InChI is InChI=1S/C14H17ClFNO5/c1-9(22-12-4-2-3-7-20-12)8-21-14-11(17(18)19)6-5-10(16)13(14)15/h5-6,9,12H,2-4,7-8H2,1H3. The molecule has 1 heterocycles. The molecule has 0 spiro atoms. The van der Waals surface area contributed by atoms with E-state index in [0.717, 1.165) is 31.4 Å². The lowest BCUT2D eigenvalue weighted by molar-refractivity contribution is -0.386. The maximum absolute atomic E-state index is 13.4. The fourth-order valence-corrected chi connectivity index (χ4v) is 2.33. The number of hydrogen-bond donors (Lipinski definition) is 0. The van der Waals surface area contributed by atoms with Crippen molar-refractivity contribution in [2.75, 3.05) is 13.2 Å². The summed E-state index contributed by atoms with van der Waals surface area (Å²) in [5.74, 6) is -1.06. The van der Waals surface area contributed by atoms with Gasteiger partial charge in [0, 0.05) is 12.7 Å². The first kappa shape index (κ1) is 16.9. The van der Waals surface area contributed by atoms with Gasteiger partial charge in [-0.05, 0) is 32.3 Å². The van der Waals surface area contributed by atoms with Crippen molar-refractivity contribution in [1.29, 1.82) is 0 Å². The minimum absolute atomic E-state index is 0.00384. The molecule has 1 fully saturated rings. The van der Waals surface area contributed by atoms with Gasteiger partial charge < -0.3 is 14.2 Å². The van der Waals surface area contributed by atoms with Gasteiger partial charge in [-0.3, -0.25) is 10.1 Å². The SMILES string of the molecule is CC(COc1c([N+](=O)[O-])ccc(F)c1Cl)OC1CCCCO1. The van der Waals surface area contributed by atoms with Gasteiger partial charge in [0.15, 0.2) is 6.29 Å². The normalized spacial score (nSPS) is 19.7. The average Bonchev–Trinajstić information content (AvgIpc) is 2.49. The number of ether oxygens (including phenoxy) is 3. The fourth-order valence-electron chi connectivity index (χ4n) is 2.12. The van der Waals surface area contributed by atoms with E-state index in [0.29, 0.717) is 6.61 Å². The molecule has 1 aliphatic rings. The number of rotatable bonds is 6. The zero-order valence-corrected chi connectivity index (χ0v) is 12.8. The van der Waals surface area contributed by atoms with Gasteiger partial charge in [0.25, 0.3) is 0 Å². The number of halogens is 2. The Bertz CT molecular complexity index is 536. The van der Waals surface area contributed by atoms with Gasteiger partial charge in [-0.25, -0.2) is 4.39 Å². The summed E-state index contributed by atoms with van der Waals surface area (Å²) in [5.41, 5.74) is -0.382. The van der Waals surface area contributed by atoms with Crippen molar-refractivity contribution < 1.29 is 23.5 Å². The molecule has 1 aromatic rings. The molecule has 2 atom stereocenters. The van der Waals surface area contributed by atoms with E-state index in [1.54, 1.807) is 6.92 Å². The predicted molar refractivity (Wildman–Crippen MR) is 77.7 cm³/mol. The van der Waals surface area contributed by atoms with Crippen LogP contribution in [0.25, 0.3) is 0 Å². The van der Waals surface area contributed by atoms with Crippen molar-refractivity contribution in [2.45, 2.75) is 38.6 Å². The van der Waals surface area contributed by atoms with Gasteiger partial charge in [-0.2, -0.15) is 0 Å². The molecule has 2 unspecified atom stereocenters. The summed E-state index contributed by atoms with van der Waals surface area (Å²) in [6.45, 7) is 2.40. The van der Waals surface area contributed by atoms with Crippen LogP contribution in [-0.2, 0) is 9.47 Å². The first-order valence-corrected chi connectivity index (χ1v) is 7.39. The second-order valence-electron chi connectivity index (χ2n) is 5.02. The lowest BCUT2D eigenvalue weighted by Crippen LogP contribution is -2.29. The maximum atomic E-state index is 13.4. The third kappa shape index (κ3) is 4.28. The number of hydrogen-bond acceptors (Lipinski definition) is 5. The lowest BCUT2D eigenvalue weighted by Gasteiger charge is -2.26. The number of nitro groups is 1. The first-order chi connectivity index (χ1) is 10.5. The first-order valence-electron chi connectivity index (χ1n) is 7.01. The summed E-state index contributed by atoms with van der Waals surface area (Å²) in [6.07, 6.45) is 2.16. The quantitative estimate of drug-likeness (QED) is 0.586. The van der Waals surface area contributed by atoms with Crippen molar-refractivity contribution in [3.63, 3.8) is 0 Å². The van der Waals surface area contributed by atoms with E-state index in [2.05, 4.69) is 0 Å². The average molecular weight is 334 g/mol. The zero-order chi connectivity index (χ0) is 16.1. The van der Waals surface area contributed by atoms with Crippen molar-refractivity contribution >= 4 is 17.3 Å². The maximum Gasteiger partial charge on any atom is 0.312 e. The van der Waals surface area contributed by atoms with E-state index in [1.807, 2.05) is 0 Å². The Morgan fingerprint density at radius 1 is 1.55 bits per heavy atom. The van der Waals surface area contributed by atoms with Gasteiger partial charge in [-0.1, -0.05) is 11.6 Å².